The number of ether oxygens (including phenoxy) is 3. The molecule has 0 aliphatic carbocycles. The standard InChI is InChI=1S/C24H27N3O5/c1-24(2,29)15-31-20-9-6-18(14-22(20)30-3)27-12-10-21(23(27)28)32-19-7-4-17(5-8-19)26-13-11-25-16-26/h4-9,11,13-14,16,21,29H,10,12,15H2,1-3H3. The Hall–Kier alpha value is -3.52. The number of aliphatic hydroxyl groups is 1. The number of carbonyl (C=O) groups is 1. The first kappa shape index (κ1) is 21.7. The maximum atomic E-state index is 13.0. The number of nitrogens with zero attached hydrogens (tertiary/aromatic N) is 3. The van der Waals surface area contributed by atoms with Crippen LogP contribution < -0.4 is 19.1 Å². The third-order valence-corrected chi connectivity index (χ3v) is 5.11. The molecule has 168 valence electrons. The molecule has 2 heterocycles. The molecule has 8 heteroatoms. The summed E-state index contributed by atoms with van der Waals surface area (Å²) in [7, 11) is 1.54. The molecule has 1 unspecified atom stereocenters. The predicted molar refractivity (Wildman–Crippen MR) is 120 cm³/mol. The normalized spacial score (nSPS) is 16.3. The van der Waals surface area contributed by atoms with Gasteiger partial charge in [0.2, 0.25) is 0 Å². The molecule has 1 saturated heterocycles. The number of methoxy groups -OCH3 is 1. The van der Waals surface area contributed by atoms with Crippen LogP contribution in [0.25, 0.3) is 5.69 Å². The SMILES string of the molecule is COc1cc(N2CCC(Oc3ccc(-n4ccnc4)cc3)C2=O)ccc1OCC(C)(C)O. The van der Waals surface area contributed by atoms with E-state index in [4.69, 9.17) is 14.2 Å². The van der Waals surface area contributed by atoms with Gasteiger partial charge in [-0.2, -0.15) is 0 Å². The van der Waals surface area contributed by atoms with Crippen LogP contribution in [0.5, 0.6) is 17.2 Å². The van der Waals surface area contributed by atoms with Gasteiger partial charge in [-0.1, -0.05) is 0 Å². The summed E-state index contributed by atoms with van der Waals surface area (Å²) in [4.78, 5) is 18.7. The molecule has 4 rings (SSSR count). The van der Waals surface area contributed by atoms with Gasteiger partial charge in [0.05, 0.1) is 19.0 Å². The maximum Gasteiger partial charge on any atom is 0.268 e. The van der Waals surface area contributed by atoms with E-state index in [1.807, 2.05) is 41.1 Å². The minimum Gasteiger partial charge on any atom is -0.493 e. The first-order valence-corrected chi connectivity index (χ1v) is 10.4. The number of hydrogen-bond acceptors (Lipinski definition) is 6. The molecular weight excluding hydrogens is 410 g/mol. The van der Waals surface area contributed by atoms with Crippen LogP contribution in [0.2, 0.25) is 0 Å². The largest absolute Gasteiger partial charge is 0.493 e. The maximum absolute atomic E-state index is 13.0. The Morgan fingerprint density at radius 3 is 2.53 bits per heavy atom. The lowest BCUT2D eigenvalue weighted by atomic mass is 10.2. The second-order valence-electron chi connectivity index (χ2n) is 8.29. The van der Waals surface area contributed by atoms with Gasteiger partial charge in [0, 0.05) is 42.8 Å². The number of carbonyl (C=O) groups excluding carboxylic acids is 1. The number of amides is 1. The fourth-order valence-electron chi connectivity index (χ4n) is 3.49. The van der Waals surface area contributed by atoms with E-state index >= 15 is 0 Å². The molecule has 3 aromatic rings. The lowest BCUT2D eigenvalue weighted by Gasteiger charge is -2.21. The first-order chi connectivity index (χ1) is 15.3. The number of benzene rings is 2. The van der Waals surface area contributed by atoms with Crippen molar-refractivity contribution in [1.29, 1.82) is 0 Å². The molecule has 1 atom stereocenters. The van der Waals surface area contributed by atoms with Crippen molar-refractivity contribution in [3.8, 4) is 22.9 Å². The predicted octanol–water partition coefficient (Wildman–Crippen LogP) is 3.21. The summed E-state index contributed by atoms with van der Waals surface area (Å²) >= 11 is 0. The molecule has 0 radical (unpaired) electrons. The van der Waals surface area contributed by atoms with Crippen molar-refractivity contribution in [2.75, 3.05) is 25.2 Å². The van der Waals surface area contributed by atoms with Gasteiger partial charge >= 0.3 is 0 Å². The van der Waals surface area contributed by atoms with E-state index in [0.717, 1.165) is 5.69 Å². The number of imidazole rings is 1. The Morgan fingerprint density at radius 2 is 1.88 bits per heavy atom. The van der Waals surface area contributed by atoms with E-state index in [2.05, 4.69) is 4.98 Å². The van der Waals surface area contributed by atoms with Crippen LogP contribution in [0.1, 0.15) is 20.3 Å². The van der Waals surface area contributed by atoms with Crippen LogP contribution >= 0.6 is 0 Å². The van der Waals surface area contributed by atoms with Gasteiger partial charge in [0.1, 0.15) is 12.4 Å². The zero-order valence-corrected chi connectivity index (χ0v) is 18.4. The van der Waals surface area contributed by atoms with E-state index in [0.29, 0.717) is 35.9 Å². The molecule has 1 aliphatic rings. The Bertz CT molecular complexity index is 1060. The lowest BCUT2D eigenvalue weighted by molar-refractivity contribution is -0.122. The van der Waals surface area contributed by atoms with E-state index in [1.165, 1.54) is 0 Å². The van der Waals surface area contributed by atoms with Gasteiger partial charge in [-0.05, 0) is 50.2 Å². The van der Waals surface area contributed by atoms with Crippen molar-refractivity contribution >= 4 is 11.6 Å². The lowest BCUT2D eigenvalue weighted by Crippen LogP contribution is -2.32. The van der Waals surface area contributed by atoms with Crippen molar-refractivity contribution in [2.24, 2.45) is 0 Å². The molecule has 8 nitrogen and oxygen atoms in total. The fourth-order valence-corrected chi connectivity index (χ4v) is 3.49. The molecule has 0 spiro atoms. The number of aromatic nitrogens is 2. The van der Waals surface area contributed by atoms with Gasteiger partial charge < -0.3 is 28.8 Å². The van der Waals surface area contributed by atoms with Crippen LogP contribution in [0.15, 0.2) is 61.2 Å². The topological polar surface area (TPSA) is 86.1 Å². The van der Waals surface area contributed by atoms with Gasteiger partial charge in [-0.15, -0.1) is 0 Å². The summed E-state index contributed by atoms with van der Waals surface area (Å²) in [5.74, 6) is 1.55. The van der Waals surface area contributed by atoms with Crippen molar-refractivity contribution in [3.63, 3.8) is 0 Å². The third kappa shape index (κ3) is 4.86. The van der Waals surface area contributed by atoms with Crippen LogP contribution in [-0.2, 0) is 4.79 Å². The van der Waals surface area contributed by atoms with Crippen LogP contribution in [-0.4, -0.2) is 52.5 Å². The van der Waals surface area contributed by atoms with Crippen LogP contribution in [0.3, 0.4) is 0 Å². The molecule has 1 fully saturated rings. The molecule has 0 saturated carbocycles. The average molecular weight is 437 g/mol. The third-order valence-electron chi connectivity index (χ3n) is 5.11. The highest BCUT2D eigenvalue weighted by atomic mass is 16.5. The Labute approximate surface area is 187 Å². The minimum atomic E-state index is -0.962. The Morgan fingerprint density at radius 1 is 1.12 bits per heavy atom. The summed E-state index contributed by atoms with van der Waals surface area (Å²) < 4.78 is 19.0. The van der Waals surface area contributed by atoms with E-state index in [-0.39, 0.29) is 12.5 Å². The summed E-state index contributed by atoms with van der Waals surface area (Å²) in [6.45, 7) is 4.01. The second-order valence-corrected chi connectivity index (χ2v) is 8.29. The monoisotopic (exact) mass is 437 g/mol. The number of hydrogen-bond donors (Lipinski definition) is 1. The van der Waals surface area contributed by atoms with E-state index in [1.54, 1.807) is 50.5 Å². The average Bonchev–Trinajstić information content (AvgIpc) is 3.43. The van der Waals surface area contributed by atoms with Crippen molar-refractivity contribution in [2.45, 2.75) is 32.0 Å². The summed E-state index contributed by atoms with van der Waals surface area (Å²) in [5.41, 5.74) is 0.716. The number of rotatable bonds is 8. The zero-order valence-electron chi connectivity index (χ0n) is 18.4. The smallest absolute Gasteiger partial charge is 0.268 e. The highest BCUT2D eigenvalue weighted by molar-refractivity contribution is 5.99. The Kier molecular flexibility index (Phi) is 6.05. The minimum absolute atomic E-state index is 0.101. The number of anilines is 1. The van der Waals surface area contributed by atoms with Crippen molar-refractivity contribution in [3.05, 3.63) is 61.2 Å². The summed E-state index contributed by atoms with van der Waals surface area (Å²) in [6, 6.07) is 12.9. The fraction of sp³-hybridized carbons (Fsp3) is 0.333. The van der Waals surface area contributed by atoms with E-state index in [9.17, 15) is 9.90 Å². The van der Waals surface area contributed by atoms with E-state index < -0.39 is 11.7 Å². The molecular formula is C24H27N3O5. The van der Waals surface area contributed by atoms with Crippen LogP contribution in [0.4, 0.5) is 5.69 Å². The molecule has 0 bridgehead atoms. The zero-order chi connectivity index (χ0) is 22.7. The molecule has 1 amide bonds. The quantitative estimate of drug-likeness (QED) is 0.582. The van der Waals surface area contributed by atoms with Gasteiger partial charge in [0.15, 0.2) is 17.6 Å². The molecule has 1 aromatic heterocycles. The molecule has 32 heavy (non-hydrogen) atoms. The van der Waals surface area contributed by atoms with Gasteiger partial charge in [-0.3, -0.25) is 4.79 Å². The van der Waals surface area contributed by atoms with Gasteiger partial charge in [-0.25, -0.2) is 4.98 Å². The van der Waals surface area contributed by atoms with Crippen molar-refractivity contribution in [1.82, 2.24) is 9.55 Å². The second kappa shape index (κ2) is 8.92. The first-order valence-electron chi connectivity index (χ1n) is 10.4. The molecule has 1 aliphatic heterocycles. The highest BCUT2D eigenvalue weighted by Gasteiger charge is 2.34. The molecule has 1 N–H and O–H groups in total. The highest BCUT2D eigenvalue weighted by Crippen LogP contribution is 2.34. The van der Waals surface area contributed by atoms with Crippen LogP contribution in [0, 0.1) is 0 Å². The van der Waals surface area contributed by atoms with Crippen molar-refractivity contribution < 1.29 is 24.1 Å². The molecule has 2 aromatic carbocycles. The van der Waals surface area contributed by atoms with Gasteiger partial charge in [0.25, 0.3) is 5.91 Å². The summed E-state index contributed by atoms with van der Waals surface area (Å²) in [6.07, 6.45) is 5.34. The summed E-state index contributed by atoms with van der Waals surface area (Å²) in [5, 5.41) is 9.88. The Balaban J connectivity index is 1.42.